The number of nitrogens with one attached hydrogen (secondary N) is 2. The maximum atomic E-state index is 12.9. The Morgan fingerprint density at radius 2 is 1.95 bits per heavy atom. The van der Waals surface area contributed by atoms with Crippen molar-refractivity contribution in [3.05, 3.63) is 113 Å². The van der Waals surface area contributed by atoms with Crippen LogP contribution in [0.2, 0.25) is 5.02 Å². The summed E-state index contributed by atoms with van der Waals surface area (Å²) in [5.41, 5.74) is 5.84. The summed E-state index contributed by atoms with van der Waals surface area (Å²) >= 11 is 12.1. The van der Waals surface area contributed by atoms with Gasteiger partial charge in [-0.1, -0.05) is 29.8 Å². The molecule has 37 heavy (non-hydrogen) atoms. The van der Waals surface area contributed by atoms with Crippen molar-refractivity contribution in [1.29, 1.82) is 0 Å². The molecule has 1 fully saturated rings. The average Bonchev–Trinajstić information content (AvgIpc) is 3.49. The van der Waals surface area contributed by atoms with Gasteiger partial charge in [0.15, 0.2) is 5.11 Å². The Balaban J connectivity index is 1.45. The number of aromatic nitrogens is 2. The van der Waals surface area contributed by atoms with Crippen LogP contribution in [-0.2, 0) is 4.79 Å². The zero-order chi connectivity index (χ0) is 25.9. The molecular formula is C29H28ClN5OS. The number of benzene rings is 2. The number of thiocarbonyl (C=S) groups is 1. The Bertz CT molecular complexity index is 1440. The van der Waals surface area contributed by atoms with Crippen molar-refractivity contribution in [1.82, 2.24) is 19.8 Å². The third-order valence-corrected chi connectivity index (χ3v) is 7.36. The predicted octanol–water partition coefficient (Wildman–Crippen LogP) is 6.14. The summed E-state index contributed by atoms with van der Waals surface area (Å²) in [5, 5.41) is 7.80. The molecule has 0 radical (unpaired) electrons. The van der Waals surface area contributed by atoms with Crippen molar-refractivity contribution >= 4 is 40.5 Å². The smallest absolute Gasteiger partial charge is 0.226 e. The minimum Gasteiger partial charge on any atom is -0.352 e. The number of pyridine rings is 1. The van der Waals surface area contributed by atoms with Gasteiger partial charge in [-0.2, -0.15) is 0 Å². The van der Waals surface area contributed by atoms with Gasteiger partial charge in [-0.3, -0.25) is 9.78 Å². The molecule has 1 saturated heterocycles. The highest BCUT2D eigenvalue weighted by Crippen LogP contribution is 2.39. The van der Waals surface area contributed by atoms with Gasteiger partial charge < -0.3 is 20.1 Å². The molecular weight excluding hydrogens is 502 g/mol. The second kappa shape index (κ2) is 10.7. The molecule has 5 rings (SSSR count). The maximum Gasteiger partial charge on any atom is 0.226 e. The fourth-order valence-electron chi connectivity index (χ4n) is 4.79. The quantitative estimate of drug-likeness (QED) is 0.281. The Morgan fingerprint density at radius 3 is 2.70 bits per heavy atom. The second-order valence-corrected chi connectivity index (χ2v) is 10.0. The molecule has 0 spiro atoms. The number of rotatable bonds is 7. The van der Waals surface area contributed by atoms with Crippen LogP contribution in [0.3, 0.4) is 0 Å². The Morgan fingerprint density at radius 1 is 1.08 bits per heavy atom. The minimum atomic E-state index is -0.171. The van der Waals surface area contributed by atoms with E-state index in [4.69, 9.17) is 23.8 Å². The van der Waals surface area contributed by atoms with Crippen molar-refractivity contribution in [2.75, 3.05) is 11.9 Å². The van der Waals surface area contributed by atoms with E-state index in [1.807, 2.05) is 80.7 Å². The van der Waals surface area contributed by atoms with Gasteiger partial charge in [0.05, 0.1) is 17.8 Å². The summed E-state index contributed by atoms with van der Waals surface area (Å²) < 4.78 is 2.15. The Hall–Kier alpha value is -3.68. The largest absolute Gasteiger partial charge is 0.352 e. The number of amides is 1. The number of anilines is 1. The van der Waals surface area contributed by atoms with Gasteiger partial charge in [-0.15, -0.1) is 0 Å². The summed E-state index contributed by atoms with van der Waals surface area (Å²) in [4.78, 5) is 19.6. The molecule has 2 aromatic heterocycles. The van der Waals surface area contributed by atoms with Gasteiger partial charge in [0.25, 0.3) is 0 Å². The molecule has 1 aliphatic rings. The summed E-state index contributed by atoms with van der Waals surface area (Å²) in [5.74, 6) is -0.0582. The van der Waals surface area contributed by atoms with Crippen LogP contribution in [0.1, 0.15) is 41.0 Å². The van der Waals surface area contributed by atoms with E-state index < -0.39 is 0 Å². The molecule has 0 saturated carbocycles. The lowest BCUT2D eigenvalue weighted by atomic mass is 10.0. The van der Waals surface area contributed by atoms with Crippen LogP contribution < -0.4 is 10.6 Å². The van der Waals surface area contributed by atoms with Crippen LogP contribution in [0.4, 0.5) is 5.69 Å². The number of aryl methyl sites for hydroxylation is 2. The molecule has 0 bridgehead atoms. The summed E-state index contributed by atoms with van der Waals surface area (Å²) in [7, 11) is 0. The molecule has 2 N–H and O–H groups in total. The highest BCUT2D eigenvalue weighted by molar-refractivity contribution is 7.80. The third kappa shape index (κ3) is 5.38. The Labute approximate surface area is 227 Å². The van der Waals surface area contributed by atoms with Crippen molar-refractivity contribution < 1.29 is 4.79 Å². The first-order valence-corrected chi connectivity index (χ1v) is 13.0. The molecule has 8 heteroatoms. The highest BCUT2D eigenvalue weighted by atomic mass is 35.5. The van der Waals surface area contributed by atoms with Crippen LogP contribution in [0.5, 0.6) is 0 Å². The van der Waals surface area contributed by atoms with Gasteiger partial charge >= 0.3 is 0 Å². The fourth-order valence-corrected chi connectivity index (χ4v) is 5.23. The molecule has 1 amide bonds. The second-order valence-electron chi connectivity index (χ2n) is 9.22. The molecule has 2 aromatic carbocycles. The van der Waals surface area contributed by atoms with Gasteiger partial charge in [-0.05, 0) is 91.8 Å². The zero-order valence-corrected chi connectivity index (χ0v) is 22.3. The molecule has 0 aliphatic carbocycles. The van der Waals surface area contributed by atoms with Crippen LogP contribution in [0.25, 0.3) is 5.69 Å². The number of halogens is 1. The number of carbonyl (C=O) groups is 1. The summed E-state index contributed by atoms with van der Waals surface area (Å²) in [6.07, 6.45) is 4.12. The summed E-state index contributed by atoms with van der Waals surface area (Å²) in [6, 6.07) is 23.5. The Kier molecular flexibility index (Phi) is 7.26. The highest BCUT2D eigenvalue weighted by Gasteiger charge is 2.41. The van der Waals surface area contributed by atoms with E-state index in [-0.39, 0.29) is 18.0 Å². The normalized spacial score (nSPS) is 17.1. The van der Waals surface area contributed by atoms with E-state index in [0.29, 0.717) is 18.1 Å². The van der Waals surface area contributed by atoms with Crippen LogP contribution >= 0.6 is 23.8 Å². The molecule has 1 aliphatic heterocycles. The van der Waals surface area contributed by atoms with Crippen molar-refractivity contribution in [3.63, 3.8) is 0 Å². The lowest BCUT2D eigenvalue weighted by Gasteiger charge is -2.29. The standard InChI is InChI=1S/C29H28ClN5OS/c1-19-7-5-8-21(17-19)32-26(36)13-16-35-28(27(33-29(35)37)24-9-3-4-14-31-24)25-10-6-15-34(25)22-11-12-23(30)20(2)18-22/h3-12,14-15,17-18,27-28H,13,16H2,1-2H3,(H,32,36)(H,33,37)/t27-,28-/m0/s1. The SMILES string of the molecule is Cc1cccc(NC(=O)CCN2C(=S)N[C@@H](c3ccccn3)[C@@H]2c2cccn2-c2ccc(Cl)c(C)c2)c1. The number of hydrogen-bond acceptors (Lipinski definition) is 3. The fraction of sp³-hybridized carbons (Fsp3) is 0.207. The summed E-state index contributed by atoms with van der Waals surface area (Å²) in [6.45, 7) is 4.46. The monoisotopic (exact) mass is 529 g/mol. The molecule has 3 heterocycles. The predicted molar refractivity (Wildman–Crippen MR) is 152 cm³/mol. The van der Waals surface area contributed by atoms with E-state index in [0.717, 1.165) is 38.9 Å². The van der Waals surface area contributed by atoms with Crippen molar-refractivity contribution in [3.8, 4) is 5.69 Å². The van der Waals surface area contributed by atoms with Gasteiger partial charge in [0.1, 0.15) is 0 Å². The third-order valence-electron chi connectivity index (χ3n) is 6.58. The topological polar surface area (TPSA) is 62.2 Å². The zero-order valence-electron chi connectivity index (χ0n) is 20.7. The molecule has 188 valence electrons. The first kappa shape index (κ1) is 25.0. The lowest BCUT2D eigenvalue weighted by molar-refractivity contribution is -0.116. The number of nitrogens with zero attached hydrogens (tertiary/aromatic N) is 3. The van der Waals surface area contributed by atoms with Crippen LogP contribution in [-0.4, -0.2) is 32.0 Å². The maximum absolute atomic E-state index is 12.9. The van der Waals surface area contributed by atoms with E-state index in [1.54, 1.807) is 6.20 Å². The van der Waals surface area contributed by atoms with Gasteiger partial charge in [-0.25, -0.2) is 0 Å². The number of hydrogen-bond donors (Lipinski definition) is 2. The van der Waals surface area contributed by atoms with Crippen LogP contribution in [0.15, 0.2) is 85.2 Å². The van der Waals surface area contributed by atoms with E-state index >= 15 is 0 Å². The van der Waals surface area contributed by atoms with Crippen molar-refractivity contribution in [2.45, 2.75) is 32.4 Å². The van der Waals surface area contributed by atoms with Crippen molar-refractivity contribution in [2.24, 2.45) is 0 Å². The lowest BCUT2D eigenvalue weighted by Crippen LogP contribution is -2.33. The first-order valence-electron chi connectivity index (χ1n) is 12.2. The van der Waals surface area contributed by atoms with Gasteiger partial charge in [0.2, 0.25) is 5.91 Å². The molecule has 2 atom stereocenters. The minimum absolute atomic E-state index is 0.0582. The van der Waals surface area contributed by atoms with Crippen LogP contribution in [0, 0.1) is 13.8 Å². The van der Waals surface area contributed by atoms with E-state index in [1.165, 1.54) is 0 Å². The molecule has 6 nitrogen and oxygen atoms in total. The van der Waals surface area contributed by atoms with E-state index in [9.17, 15) is 4.79 Å². The van der Waals surface area contributed by atoms with E-state index in [2.05, 4.69) is 37.2 Å². The first-order chi connectivity index (χ1) is 17.9. The number of carbonyl (C=O) groups excluding carboxylic acids is 1. The average molecular weight is 530 g/mol. The van der Waals surface area contributed by atoms with Gasteiger partial charge in [0, 0.05) is 47.5 Å². The molecule has 4 aromatic rings. The molecule has 0 unspecified atom stereocenters.